The number of benzene rings is 1. The summed E-state index contributed by atoms with van der Waals surface area (Å²) in [5.41, 5.74) is 8.48. The van der Waals surface area contributed by atoms with Crippen LogP contribution in [0.25, 0.3) is 0 Å². The second kappa shape index (κ2) is 5.49. The fourth-order valence-electron chi connectivity index (χ4n) is 1.74. The van der Waals surface area contributed by atoms with Gasteiger partial charge in [0.2, 0.25) is 5.95 Å². The molecule has 1 heterocycles. The molecule has 0 aliphatic rings. The summed E-state index contributed by atoms with van der Waals surface area (Å²) in [7, 11) is 0. The van der Waals surface area contributed by atoms with Gasteiger partial charge in [-0.3, -0.25) is 0 Å². The Bertz CT molecular complexity index is 574. The molecule has 0 fully saturated rings. The lowest BCUT2D eigenvalue weighted by atomic mass is 10.1. The van der Waals surface area contributed by atoms with Gasteiger partial charge in [0.25, 0.3) is 0 Å². The third kappa shape index (κ3) is 3.08. The second-order valence-electron chi connectivity index (χ2n) is 4.03. The van der Waals surface area contributed by atoms with Crippen molar-refractivity contribution in [2.45, 2.75) is 13.0 Å². The number of hydrogen-bond donors (Lipinski definition) is 4. The van der Waals surface area contributed by atoms with Crippen LogP contribution in [0.5, 0.6) is 0 Å². The average Bonchev–Trinajstić information content (AvgIpc) is 2.38. The summed E-state index contributed by atoms with van der Waals surface area (Å²) in [6.07, 6.45) is 0. The van der Waals surface area contributed by atoms with Gasteiger partial charge in [-0.1, -0.05) is 18.2 Å². The van der Waals surface area contributed by atoms with Gasteiger partial charge in [0, 0.05) is 11.6 Å². The maximum Gasteiger partial charge on any atom is 0.223 e. The molecule has 0 amide bonds. The highest BCUT2D eigenvalue weighted by atomic mass is 19.1. The molecule has 19 heavy (non-hydrogen) atoms. The van der Waals surface area contributed by atoms with E-state index < -0.39 is 0 Å². The largest absolute Gasteiger partial charge is 0.368 e. The Labute approximate surface area is 110 Å². The summed E-state index contributed by atoms with van der Waals surface area (Å²) < 4.78 is 13.6. The number of nitrogens with zero attached hydrogens (tertiary/aromatic N) is 2. The maximum absolute atomic E-state index is 13.6. The van der Waals surface area contributed by atoms with Crippen molar-refractivity contribution in [3.8, 4) is 0 Å². The SMILES string of the molecule is CC(Nc1cc(NN)nc(N)n1)c1ccccc1F. The van der Waals surface area contributed by atoms with E-state index in [-0.39, 0.29) is 17.8 Å². The quantitative estimate of drug-likeness (QED) is 0.493. The monoisotopic (exact) mass is 262 g/mol. The van der Waals surface area contributed by atoms with Crippen LogP contribution < -0.4 is 22.3 Å². The number of hydrazine groups is 1. The van der Waals surface area contributed by atoms with Crippen LogP contribution in [0, 0.1) is 5.82 Å². The molecule has 1 aromatic carbocycles. The molecule has 2 aromatic rings. The van der Waals surface area contributed by atoms with Crippen LogP contribution in [-0.4, -0.2) is 9.97 Å². The van der Waals surface area contributed by atoms with Gasteiger partial charge < -0.3 is 16.5 Å². The highest BCUT2D eigenvalue weighted by molar-refractivity contribution is 5.51. The van der Waals surface area contributed by atoms with E-state index in [1.165, 1.54) is 6.07 Å². The number of halogens is 1. The van der Waals surface area contributed by atoms with E-state index in [2.05, 4.69) is 20.7 Å². The van der Waals surface area contributed by atoms with E-state index in [1.807, 2.05) is 6.92 Å². The molecule has 0 aliphatic heterocycles. The Balaban J connectivity index is 2.21. The lowest BCUT2D eigenvalue weighted by molar-refractivity contribution is 0.600. The number of anilines is 3. The zero-order valence-electron chi connectivity index (χ0n) is 10.4. The molecule has 0 spiro atoms. The van der Waals surface area contributed by atoms with Crippen molar-refractivity contribution < 1.29 is 4.39 Å². The summed E-state index contributed by atoms with van der Waals surface area (Å²) >= 11 is 0. The molecular weight excluding hydrogens is 247 g/mol. The zero-order chi connectivity index (χ0) is 13.8. The Hall–Kier alpha value is -2.41. The van der Waals surface area contributed by atoms with Crippen LogP contribution in [0.3, 0.4) is 0 Å². The minimum atomic E-state index is -0.276. The predicted molar refractivity (Wildman–Crippen MR) is 72.7 cm³/mol. The van der Waals surface area contributed by atoms with Gasteiger partial charge in [-0.15, -0.1) is 0 Å². The van der Waals surface area contributed by atoms with Crippen LogP contribution >= 0.6 is 0 Å². The Kier molecular flexibility index (Phi) is 3.76. The number of rotatable bonds is 4. The number of nitrogen functional groups attached to an aromatic ring is 2. The molecule has 0 bridgehead atoms. The molecule has 0 aliphatic carbocycles. The molecule has 100 valence electrons. The number of aromatic nitrogens is 2. The van der Waals surface area contributed by atoms with Gasteiger partial charge in [-0.05, 0) is 13.0 Å². The summed E-state index contributed by atoms with van der Waals surface area (Å²) in [5, 5.41) is 3.05. The average molecular weight is 262 g/mol. The molecule has 1 aromatic heterocycles. The molecule has 6 nitrogen and oxygen atoms in total. The van der Waals surface area contributed by atoms with Crippen LogP contribution in [0.15, 0.2) is 30.3 Å². The Morgan fingerprint density at radius 2 is 1.89 bits per heavy atom. The summed E-state index contributed by atoms with van der Waals surface area (Å²) in [6, 6.07) is 7.87. The smallest absolute Gasteiger partial charge is 0.223 e. The van der Waals surface area contributed by atoms with Crippen LogP contribution in [-0.2, 0) is 0 Å². The van der Waals surface area contributed by atoms with Crippen molar-refractivity contribution in [1.29, 1.82) is 0 Å². The van der Waals surface area contributed by atoms with Crippen molar-refractivity contribution in [2.24, 2.45) is 5.84 Å². The number of nitrogens with one attached hydrogen (secondary N) is 2. The number of hydrogen-bond acceptors (Lipinski definition) is 6. The molecule has 6 N–H and O–H groups in total. The summed E-state index contributed by atoms with van der Waals surface area (Å²) in [6.45, 7) is 1.83. The first kappa shape index (κ1) is 13.0. The highest BCUT2D eigenvalue weighted by Gasteiger charge is 2.11. The van der Waals surface area contributed by atoms with E-state index in [1.54, 1.807) is 24.3 Å². The Morgan fingerprint density at radius 3 is 2.58 bits per heavy atom. The van der Waals surface area contributed by atoms with Gasteiger partial charge in [-0.2, -0.15) is 9.97 Å². The third-order valence-corrected chi connectivity index (χ3v) is 2.63. The van der Waals surface area contributed by atoms with Gasteiger partial charge in [0.15, 0.2) is 0 Å². The molecule has 7 heteroatoms. The first-order valence-corrected chi connectivity index (χ1v) is 5.72. The zero-order valence-corrected chi connectivity index (χ0v) is 10.4. The summed E-state index contributed by atoms with van der Waals surface area (Å²) in [5.74, 6) is 5.93. The molecule has 1 unspecified atom stereocenters. The van der Waals surface area contributed by atoms with E-state index in [4.69, 9.17) is 11.6 Å². The van der Waals surface area contributed by atoms with Gasteiger partial charge in [0.1, 0.15) is 17.5 Å². The third-order valence-electron chi connectivity index (χ3n) is 2.63. The lowest BCUT2D eigenvalue weighted by Gasteiger charge is -2.16. The molecule has 2 rings (SSSR count). The molecule has 0 saturated carbocycles. The molecular formula is C12H15FN6. The highest BCUT2D eigenvalue weighted by Crippen LogP contribution is 2.21. The first-order valence-electron chi connectivity index (χ1n) is 5.72. The summed E-state index contributed by atoms with van der Waals surface area (Å²) in [4.78, 5) is 7.88. The van der Waals surface area contributed by atoms with E-state index in [0.717, 1.165) is 0 Å². The van der Waals surface area contributed by atoms with E-state index in [9.17, 15) is 4.39 Å². The van der Waals surface area contributed by atoms with Crippen LogP contribution in [0.4, 0.5) is 22.0 Å². The fraction of sp³-hybridized carbons (Fsp3) is 0.167. The minimum Gasteiger partial charge on any atom is -0.368 e. The van der Waals surface area contributed by atoms with Crippen molar-refractivity contribution in [3.05, 3.63) is 41.7 Å². The van der Waals surface area contributed by atoms with Gasteiger partial charge >= 0.3 is 0 Å². The van der Waals surface area contributed by atoms with Crippen molar-refractivity contribution in [2.75, 3.05) is 16.5 Å². The number of nitrogens with two attached hydrogens (primary N) is 2. The maximum atomic E-state index is 13.6. The van der Waals surface area contributed by atoms with E-state index >= 15 is 0 Å². The van der Waals surface area contributed by atoms with Gasteiger partial charge in [-0.25, -0.2) is 10.2 Å². The minimum absolute atomic E-state index is 0.0821. The molecule has 0 radical (unpaired) electrons. The topological polar surface area (TPSA) is 102 Å². The van der Waals surface area contributed by atoms with Crippen molar-refractivity contribution >= 4 is 17.6 Å². The second-order valence-corrected chi connectivity index (χ2v) is 4.03. The fourth-order valence-corrected chi connectivity index (χ4v) is 1.74. The van der Waals surface area contributed by atoms with Crippen LogP contribution in [0.1, 0.15) is 18.5 Å². The van der Waals surface area contributed by atoms with Gasteiger partial charge in [0.05, 0.1) is 6.04 Å². The van der Waals surface area contributed by atoms with Crippen LogP contribution in [0.2, 0.25) is 0 Å². The Morgan fingerprint density at radius 1 is 1.21 bits per heavy atom. The lowest BCUT2D eigenvalue weighted by Crippen LogP contribution is -2.14. The predicted octanol–water partition coefficient (Wildman–Crippen LogP) is 1.66. The van der Waals surface area contributed by atoms with Crippen molar-refractivity contribution in [1.82, 2.24) is 9.97 Å². The normalized spacial score (nSPS) is 11.9. The first-order chi connectivity index (χ1) is 9.10. The van der Waals surface area contributed by atoms with Crippen molar-refractivity contribution in [3.63, 3.8) is 0 Å². The van der Waals surface area contributed by atoms with E-state index in [0.29, 0.717) is 17.2 Å². The molecule has 0 saturated heterocycles. The molecule has 1 atom stereocenters. The standard InChI is InChI=1S/C12H15FN6/c1-7(8-4-2-3-5-9(8)13)16-10-6-11(19-15)18-12(14)17-10/h2-7H,15H2,1H3,(H4,14,16,17,18,19).